The number of ether oxygens (including phenoxy) is 3. The molecule has 1 aliphatic heterocycles. The number of hydrogen-bond acceptors (Lipinski definition) is 6. The molecule has 33 heavy (non-hydrogen) atoms. The molecule has 4 amide bonds. The molecule has 3 rings (SSSR count). The van der Waals surface area contributed by atoms with Crippen molar-refractivity contribution in [3.63, 3.8) is 0 Å². The lowest BCUT2D eigenvalue weighted by Gasteiger charge is -2.26. The summed E-state index contributed by atoms with van der Waals surface area (Å²) in [5.41, 5.74) is 0.724. The highest BCUT2D eigenvalue weighted by Crippen LogP contribution is 2.31. The Morgan fingerprint density at radius 1 is 0.970 bits per heavy atom. The molecule has 0 radical (unpaired) electrons. The summed E-state index contributed by atoms with van der Waals surface area (Å²) in [7, 11) is 0. The molecule has 8 heteroatoms. The zero-order chi connectivity index (χ0) is 24.0. The summed E-state index contributed by atoms with van der Waals surface area (Å²) >= 11 is 0. The summed E-state index contributed by atoms with van der Waals surface area (Å²) in [6.45, 7) is 8.65. The van der Waals surface area contributed by atoms with E-state index >= 15 is 0 Å². The highest BCUT2D eigenvalue weighted by molar-refractivity contribution is 6.39. The third-order valence-corrected chi connectivity index (χ3v) is 4.61. The number of benzene rings is 2. The van der Waals surface area contributed by atoms with Gasteiger partial charge in [-0.3, -0.25) is 14.9 Å². The molecule has 174 valence electrons. The van der Waals surface area contributed by atoms with E-state index in [-0.39, 0.29) is 11.7 Å². The third kappa shape index (κ3) is 5.71. The van der Waals surface area contributed by atoms with Crippen LogP contribution in [0.2, 0.25) is 0 Å². The van der Waals surface area contributed by atoms with E-state index in [4.69, 9.17) is 14.2 Å². The first-order valence-corrected chi connectivity index (χ1v) is 10.9. The Balaban J connectivity index is 1.91. The molecule has 2 aromatic carbocycles. The van der Waals surface area contributed by atoms with E-state index in [9.17, 15) is 14.4 Å². The number of barbiturate groups is 1. The molecular formula is C25H28N2O6. The van der Waals surface area contributed by atoms with E-state index in [1.165, 1.54) is 6.08 Å². The van der Waals surface area contributed by atoms with Crippen LogP contribution in [0.5, 0.6) is 17.2 Å². The number of hydrogen-bond donors (Lipinski definition) is 1. The number of imide groups is 2. The minimum atomic E-state index is -0.805. The minimum absolute atomic E-state index is 0.0440. The maximum atomic E-state index is 13.1. The molecule has 0 unspecified atom stereocenters. The summed E-state index contributed by atoms with van der Waals surface area (Å²) in [6, 6.07) is 10.9. The second-order valence-electron chi connectivity index (χ2n) is 7.61. The highest BCUT2D eigenvalue weighted by atomic mass is 16.5. The SMILES string of the molecule is CCCOc1ccc(N2C(=O)NC(=O)/C(=C/c3ccc(OC(C)C)c(OCC)c3)C2=O)cc1. The molecule has 1 heterocycles. The van der Waals surface area contributed by atoms with Gasteiger partial charge < -0.3 is 14.2 Å². The summed E-state index contributed by atoms with van der Waals surface area (Å²) in [4.78, 5) is 39.0. The largest absolute Gasteiger partial charge is 0.494 e. The van der Waals surface area contributed by atoms with Crippen LogP contribution in [-0.4, -0.2) is 37.2 Å². The maximum absolute atomic E-state index is 13.1. The van der Waals surface area contributed by atoms with Crippen molar-refractivity contribution in [2.75, 3.05) is 18.1 Å². The Bertz CT molecular complexity index is 1060. The number of nitrogens with one attached hydrogen (secondary N) is 1. The molecule has 1 fully saturated rings. The number of rotatable bonds is 9. The predicted molar refractivity (Wildman–Crippen MR) is 125 cm³/mol. The van der Waals surface area contributed by atoms with Gasteiger partial charge in [-0.2, -0.15) is 0 Å². The van der Waals surface area contributed by atoms with Crippen molar-refractivity contribution in [3.8, 4) is 17.2 Å². The highest BCUT2D eigenvalue weighted by Gasteiger charge is 2.36. The van der Waals surface area contributed by atoms with E-state index in [1.54, 1.807) is 42.5 Å². The van der Waals surface area contributed by atoms with Gasteiger partial charge in [0.15, 0.2) is 11.5 Å². The van der Waals surface area contributed by atoms with Crippen LogP contribution in [0, 0.1) is 0 Å². The van der Waals surface area contributed by atoms with Crippen LogP contribution in [0.3, 0.4) is 0 Å². The van der Waals surface area contributed by atoms with Gasteiger partial charge in [-0.1, -0.05) is 13.0 Å². The van der Waals surface area contributed by atoms with Crippen molar-refractivity contribution < 1.29 is 28.6 Å². The maximum Gasteiger partial charge on any atom is 0.335 e. The van der Waals surface area contributed by atoms with Crippen molar-refractivity contribution in [2.24, 2.45) is 0 Å². The second kappa shape index (κ2) is 10.7. The standard InChI is InChI=1S/C25H28N2O6/c1-5-13-32-19-10-8-18(9-11-19)27-24(29)20(23(28)26-25(27)30)14-17-7-12-21(33-16(3)4)22(15-17)31-6-2/h7-12,14-16H,5-6,13H2,1-4H3,(H,26,28,30)/b20-14-. The lowest BCUT2D eigenvalue weighted by molar-refractivity contribution is -0.122. The molecule has 0 aromatic heterocycles. The van der Waals surface area contributed by atoms with Crippen LogP contribution in [-0.2, 0) is 9.59 Å². The first-order valence-electron chi connectivity index (χ1n) is 10.9. The molecule has 0 bridgehead atoms. The molecular weight excluding hydrogens is 424 g/mol. The third-order valence-electron chi connectivity index (χ3n) is 4.61. The van der Waals surface area contributed by atoms with Crippen LogP contribution in [0.25, 0.3) is 6.08 Å². The fraction of sp³-hybridized carbons (Fsp3) is 0.320. The topological polar surface area (TPSA) is 94.2 Å². The number of carbonyl (C=O) groups is 3. The van der Waals surface area contributed by atoms with E-state index in [0.29, 0.717) is 41.7 Å². The van der Waals surface area contributed by atoms with E-state index in [0.717, 1.165) is 11.3 Å². The van der Waals surface area contributed by atoms with Crippen LogP contribution < -0.4 is 24.4 Å². The number of urea groups is 1. The van der Waals surface area contributed by atoms with Gasteiger partial charge in [-0.25, -0.2) is 9.69 Å². The summed E-state index contributed by atoms with van der Waals surface area (Å²) in [5, 5.41) is 2.23. The van der Waals surface area contributed by atoms with Crippen LogP contribution >= 0.6 is 0 Å². The van der Waals surface area contributed by atoms with Crippen molar-refractivity contribution in [3.05, 3.63) is 53.6 Å². The molecule has 1 aliphatic rings. The lowest BCUT2D eigenvalue weighted by atomic mass is 10.1. The van der Waals surface area contributed by atoms with Crippen molar-refractivity contribution in [1.82, 2.24) is 5.32 Å². The van der Waals surface area contributed by atoms with Crippen LogP contribution in [0.4, 0.5) is 10.5 Å². The number of nitrogens with zero attached hydrogens (tertiary/aromatic N) is 1. The lowest BCUT2D eigenvalue weighted by Crippen LogP contribution is -2.54. The van der Waals surface area contributed by atoms with Gasteiger partial charge in [-0.05, 0) is 75.2 Å². The first kappa shape index (κ1) is 23.8. The number of anilines is 1. The Hall–Kier alpha value is -3.81. The quantitative estimate of drug-likeness (QED) is 0.450. The van der Waals surface area contributed by atoms with Gasteiger partial charge in [-0.15, -0.1) is 0 Å². The van der Waals surface area contributed by atoms with Gasteiger partial charge in [0.05, 0.1) is 25.0 Å². The van der Waals surface area contributed by atoms with Crippen molar-refractivity contribution >= 4 is 29.6 Å². The van der Waals surface area contributed by atoms with Gasteiger partial charge in [0, 0.05) is 0 Å². The van der Waals surface area contributed by atoms with E-state index < -0.39 is 17.8 Å². The molecule has 1 N–H and O–H groups in total. The number of amides is 4. The molecule has 0 saturated carbocycles. The smallest absolute Gasteiger partial charge is 0.335 e. The monoisotopic (exact) mass is 452 g/mol. The molecule has 8 nitrogen and oxygen atoms in total. The fourth-order valence-corrected chi connectivity index (χ4v) is 3.20. The summed E-state index contributed by atoms with van der Waals surface area (Å²) < 4.78 is 16.9. The van der Waals surface area contributed by atoms with Gasteiger partial charge in [0.1, 0.15) is 11.3 Å². The molecule has 2 aromatic rings. The van der Waals surface area contributed by atoms with Gasteiger partial charge >= 0.3 is 6.03 Å². The first-order chi connectivity index (χ1) is 15.8. The Morgan fingerprint density at radius 3 is 2.33 bits per heavy atom. The van der Waals surface area contributed by atoms with E-state index in [2.05, 4.69) is 5.32 Å². The molecule has 1 saturated heterocycles. The van der Waals surface area contributed by atoms with Gasteiger partial charge in [0.25, 0.3) is 11.8 Å². The van der Waals surface area contributed by atoms with E-state index in [1.807, 2.05) is 27.7 Å². The Kier molecular flexibility index (Phi) is 7.71. The molecule has 0 aliphatic carbocycles. The van der Waals surface area contributed by atoms with Crippen LogP contribution in [0.15, 0.2) is 48.0 Å². The average Bonchev–Trinajstić information content (AvgIpc) is 2.77. The normalized spacial score (nSPS) is 15.1. The zero-order valence-electron chi connectivity index (χ0n) is 19.2. The minimum Gasteiger partial charge on any atom is -0.494 e. The van der Waals surface area contributed by atoms with Crippen molar-refractivity contribution in [1.29, 1.82) is 0 Å². The molecule has 0 atom stereocenters. The summed E-state index contributed by atoms with van der Waals surface area (Å²) in [6.07, 6.45) is 2.25. The predicted octanol–water partition coefficient (Wildman–Crippen LogP) is 4.33. The fourth-order valence-electron chi connectivity index (χ4n) is 3.20. The average molecular weight is 453 g/mol. The number of carbonyl (C=O) groups excluding carboxylic acids is 3. The molecule has 0 spiro atoms. The second-order valence-corrected chi connectivity index (χ2v) is 7.61. The zero-order valence-corrected chi connectivity index (χ0v) is 19.2. The van der Waals surface area contributed by atoms with Crippen LogP contribution in [0.1, 0.15) is 39.7 Å². The van der Waals surface area contributed by atoms with Crippen molar-refractivity contribution in [2.45, 2.75) is 40.2 Å². The summed E-state index contributed by atoms with van der Waals surface area (Å²) in [5.74, 6) is 0.218. The Labute approximate surface area is 193 Å². The Morgan fingerprint density at radius 2 is 1.70 bits per heavy atom. The van der Waals surface area contributed by atoms with Gasteiger partial charge in [0.2, 0.25) is 0 Å².